The third-order valence-corrected chi connectivity index (χ3v) is 5.65. The fraction of sp³-hybridized carbons (Fsp3) is 0.652. The molecule has 0 spiro atoms. The van der Waals surface area contributed by atoms with Crippen LogP contribution in [0.25, 0.3) is 0 Å². The normalized spacial score (nSPS) is 14.9. The molecule has 1 N–H and O–H groups in total. The van der Waals surface area contributed by atoms with Crippen LogP contribution >= 0.6 is 0 Å². The lowest BCUT2D eigenvalue weighted by atomic mass is 10.1. The minimum absolute atomic E-state index is 0.108. The third kappa shape index (κ3) is 10.2. The van der Waals surface area contributed by atoms with Gasteiger partial charge < -0.3 is 14.8 Å². The minimum Gasteiger partial charge on any atom is -0.458 e. The van der Waals surface area contributed by atoms with Gasteiger partial charge in [-0.2, -0.15) is 4.36 Å². The topological polar surface area (TPSA) is 94.1 Å². The number of ether oxygens (including phenoxy) is 2. The Labute approximate surface area is 187 Å². The van der Waals surface area contributed by atoms with E-state index in [2.05, 4.69) is 9.68 Å². The molecule has 0 bridgehead atoms. The molecule has 0 aliphatic rings. The fourth-order valence-electron chi connectivity index (χ4n) is 2.96. The predicted molar refractivity (Wildman–Crippen MR) is 125 cm³/mol. The molecular weight excluding hydrogens is 416 g/mol. The SMILES string of the molecule is Cc1cc(C)c(N=S(C)(=O)CC[C@H](NC(=O)OC(C)(C)C)C(=O)OC(C)(C)C)c(C)c1. The van der Waals surface area contributed by atoms with E-state index >= 15 is 0 Å². The van der Waals surface area contributed by atoms with Gasteiger partial charge in [0.15, 0.2) is 0 Å². The van der Waals surface area contributed by atoms with Crippen molar-refractivity contribution in [3.05, 3.63) is 28.8 Å². The Bertz CT molecular complexity index is 909. The van der Waals surface area contributed by atoms with Gasteiger partial charge in [-0.15, -0.1) is 0 Å². The van der Waals surface area contributed by atoms with Crippen molar-refractivity contribution in [3.8, 4) is 0 Å². The Hall–Kier alpha value is -2.09. The molecule has 176 valence electrons. The Morgan fingerprint density at radius 2 is 1.48 bits per heavy atom. The van der Waals surface area contributed by atoms with Crippen LogP contribution in [-0.2, 0) is 24.0 Å². The number of carbonyl (C=O) groups excluding carboxylic acids is 2. The molecule has 0 aliphatic heterocycles. The van der Waals surface area contributed by atoms with Crippen molar-refractivity contribution in [2.45, 2.75) is 86.0 Å². The summed E-state index contributed by atoms with van der Waals surface area (Å²) in [5, 5.41) is 2.56. The van der Waals surface area contributed by atoms with E-state index in [0.29, 0.717) is 5.69 Å². The zero-order chi connectivity index (χ0) is 24.2. The summed E-state index contributed by atoms with van der Waals surface area (Å²) in [6, 6.07) is 2.99. The van der Waals surface area contributed by atoms with Crippen molar-refractivity contribution in [1.82, 2.24) is 5.32 Å². The maximum absolute atomic E-state index is 13.2. The van der Waals surface area contributed by atoms with Gasteiger partial charge in [0, 0.05) is 21.7 Å². The number of hydrogen-bond acceptors (Lipinski definition) is 6. The first kappa shape index (κ1) is 26.9. The molecule has 31 heavy (non-hydrogen) atoms. The molecule has 8 heteroatoms. The number of amides is 1. The summed E-state index contributed by atoms with van der Waals surface area (Å²) in [4.78, 5) is 24.9. The number of carbonyl (C=O) groups is 2. The second kappa shape index (κ2) is 10.0. The van der Waals surface area contributed by atoms with Gasteiger partial charge in [-0.3, -0.25) is 0 Å². The van der Waals surface area contributed by atoms with Crippen LogP contribution in [0.2, 0.25) is 0 Å². The van der Waals surface area contributed by atoms with Crippen LogP contribution in [0, 0.1) is 20.8 Å². The highest BCUT2D eigenvalue weighted by Gasteiger charge is 2.29. The summed E-state index contributed by atoms with van der Waals surface area (Å²) < 4.78 is 28.4. The van der Waals surface area contributed by atoms with Gasteiger partial charge in [-0.1, -0.05) is 17.7 Å². The minimum atomic E-state index is -2.66. The number of esters is 1. The smallest absolute Gasteiger partial charge is 0.408 e. The first-order chi connectivity index (χ1) is 13.9. The van der Waals surface area contributed by atoms with E-state index in [0.717, 1.165) is 16.7 Å². The maximum atomic E-state index is 13.2. The largest absolute Gasteiger partial charge is 0.458 e. The molecule has 1 unspecified atom stereocenters. The first-order valence-electron chi connectivity index (χ1n) is 10.4. The molecule has 7 nitrogen and oxygen atoms in total. The number of hydrogen-bond donors (Lipinski definition) is 1. The Morgan fingerprint density at radius 1 is 1.00 bits per heavy atom. The van der Waals surface area contributed by atoms with E-state index in [-0.39, 0.29) is 12.2 Å². The van der Waals surface area contributed by atoms with E-state index in [1.807, 2.05) is 32.9 Å². The number of rotatable bonds is 6. The second-order valence-corrected chi connectivity index (χ2v) is 12.5. The lowest BCUT2D eigenvalue weighted by molar-refractivity contribution is -0.157. The van der Waals surface area contributed by atoms with E-state index in [4.69, 9.17) is 9.47 Å². The molecule has 1 aromatic rings. The summed E-state index contributed by atoms with van der Waals surface area (Å²) in [6.07, 6.45) is 0.940. The molecule has 0 saturated heterocycles. The predicted octanol–water partition coefficient (Wildman–Crippen LogP) is 4.97. The van der Waals surface area contributed by atoms with E-state index in [9.17, 15) is 13.8 Å². The quantitative estimate of drug-likeness (QED) is 0.613. The van der Waals surface area contributed by atoms with Crippen LogP contribution < -0.4 is 5.32 Å². The van der Waals surface area contributed by atoms with Gasteiger partial charge in [-0.05, 0) is 79.9 Å². The lowest BCUT2D eigenvalue weighted by Crippen LogP contribution is -2.46. The number of benzene rings is 1. The highest BCUT2D eigenvalue weighted by Crippen LogP contribution is 2.26. The van der Waals surface area contributed by atoms with Crippen LogP contribution in [0.4, 0.5) is 10.5 Å². The van der Waals surface area contributed by atoms with Gasteiger partial charge >= 0.3 is 12.1 Å². The van der Waals surface area contributed by atoms with Crippen molar-refractivity contribution in [2.24, 2.45) is 4.36 Å². The van der Waals surface area contributed by atoms with E-state index in [1.165, 1.54) is 0 Å². The van der Waals surface area contributed by atoms with Crippen molar-refractivity contribution >= 4 is 27.5 Å². The zero-order valence-electron chi connectivity index (χ0n) is 20.5. The van der Waals surface area contributed by atoms with Crippen LogP contribution in [0.1, 0.15) is 64.7 Å². The van der Waals surface area contributed by atoms with Crippen molar-refractivity contribution in [2.75, 3.05) is 12.0 Å². The molecule has 0 saturated carbocycles. The van der Waals surface area contributed by atoms with Gasteiger partial charge in [0.2, 0.25) is 0 Å². The molecule has 0 radical (unpaired) electrons. The zero-order valence-corrected chi connectivity index (χ0v) is 21.4. The van der Waals surface area contributed by atoms with Crippen LogP contribution in [0.5, 0.6) is 0 Å². The lowest BCUT2D eigenvalue weighted by Gasteiger charge is -2.26. The number of nitrogens with one attached hydrogen (secondary N) is 1. The van der Waals surface area contributed by atoms with Gasteiger partial charge in [0.25, 0.3) is 0 Å². The molecule has 0 aromatic heterocycles. The van der Waals surface area contributed by atoms with Gasteiger partial charge in [0.1, 0.15) is 17.2 Å². The highest BCUT2D eigenvalue weighted by molar-refractivity contribution is 7.93. The Kier molecular flexibility index (Phi) is 8.71. The van der Waals surface area contributed by atoms with Crippen molar-refractivity contribution in [1.29, 1.82) is 0 Å². The van der Waals surface area contributed by atoms with Crippen LogP contribution in [0.3, 0.4) is 0 Å². The molecule has 1 rings (SSSR count). The number of aryl methyl sites for hydroxylation is 3. The first-order valence-corrected chi connectivity index (χ1v) is 12.5. The molecule has 0 fully saturated rings. The van der Waals surface area contributed by atoms with Gasteiger partial charge in [0.05, 0.1) is 5.69 Å². The average molecular weight is 455 g/mol. The molecule has 1 aromatic carbocycles. The summed E-state index contributed by atoms with van der Waals surface area (Å²) in [5.41, 5.74) is 2.27. The Balaban J connectivity index is 3.09. The molecule has 0 heterocycles. The van der Waals surface area contributed by atoms with Gasteiger partial charge in [-0.25, -0.2) is 13.8 Å². The summed E-state index contributed by atoms with van der Waals surface area (Å²) in [6.45, 7) is 16.3. The van der Waals surface area contributed by atoms with Crippen molar-refractivity contribution in [3.63, 3.8) is 0 Å². The fourth-order valence-corrected chi connectivity index (χ4v) is 4.40. The number of alkyl carbamates (subject to hydrolysis) is 1. The molecular formula is C23H38N2O5S. The summed E-state index contributed by atoms with van der Waals surface area (Å²) >= 11 is 0. The van der Waals surface area contributed by atoms with E-state index < -0.39 is 39.0 Å². The third-order valence-electron chi connectivity index (χ3n) is 4.09. The maximum Gasteiger partial charge on any atom is 0.408 e. The van der Waals surface area contributed by atoms with E-state index in [1.54, 1.807) is 47.8 Å². The standard InChI is InChI=1S/C23H38N2O5S/c1-15-13-16(2)19(17(3)14-15)25-31(10,28)12-11-18(20(26)29-22(4,5)6)24-21(27)30-23(7,8)9/h13-14,18H,11-12H2,1-10H3,(H,24,27)/t18-,31?/m0/s1. The average Bonchev–Trinajstić information content (AvgIpc) is 2.51. The van der Waals surface area contributed by atoms with Crippen LogP contribution in [-0.4, -0.2) is 45.5 Å². The number of nitrogens with zero attached hydrogens (tertiary/aromatic N) is 1. The highest BCUT2D eigenvalue weighted by atomic mass is 32.2. The van der Waals surface area contributed by atoms with Crippen molar-refractivity contribution < 1.29 is 23.3 Å². The summed E-state index contributed by atoms with van der Waals surface area (Å²) in [5.74, 6) is -0.490. The monoisotopic (exact) mass is 454 g/mol. The molecule has 0 aliphatic carbocycles. The van der Waals surface area contributed by atoms with Crippen LogP contribution in [0.15, 0.2) is 16.5 Å². The molecule has 1 amide bonds. The second-order valence-electron chi connectivity index (χ2n) is 10.0. The Morgan fingerprint density at radius 3 is 1.94 bits per heavy atom. The summed E-state index contributed by atoms with van der Waals surface area (Å²) in [7, 11) is -2.66. The molecule has 2 atom stereocenters.